The SMILES string of the molecule is C/C=C1\C[N@+]2(C)CC[C@@]34c5ccccc5N5CCC=C([C@H]1C[C@H]32)[C@@H]54. The van der Waals surface area contributed by atoms with Gasteiger partial charge in [0.15, 0.2) is 0 Å². The third kappa shape index (κ3) is 1.29. The van der Waals surface area contributed by atoms with Gasteiger partial charge in [0, 0.05) is 31.0 Å². The molecule has 5 aliphatic rings. The lowest BCUT2D eigenvalue weighted by Crippen LogP contribution is -2.67. The van der Waals surface area contributed by atoms with Gasteiger partial charge in [-0.1, -0.05) is 30.4 Å². The Labute approximate surface area is 145 Å². The van der Waals surface area contributed by atoms with Crippen LogP contribution in [0.1, 0.15) is 31.7 Å². The van der Waals surface area contributed by atoms with E-state index in [1.807, 2.05) is 0 Å². The fourth-order valence-electron chi connectivity index (χ4n) is 7.37. The van der Waals surface area contributed by atoms with Gasteiger partial charge in [0.1, 0.15) is 12.6 Å². The van der Waals surface area contributed by atoms with Crippen LogP contribution < -0.4 is 4.90 Å². The summed E-state index contributed by atoms with van der Waals surface area (Å²) < 4.78 is 1.28. The monoisotopic (exact) mass is 319 g/mol. The van der Waals surface area contributed by atoms with Crippen molar-refractivity contribution in [1.29, 1.82) is 0 Å². The Morgan fingerprint density at radius 1 is 1.29 bits per heavy atom. The molecule has 3 fully saturated rings. The Hall–Kier alpha value is -1.54. The highest BCUT2D eigenvalue weighted by Crippen LogP contribution is 2.65. The van der Waals surface area contributed by atoms with Crippen LogP contribution in [0.25, 0.3) is 0 Å². The number of benzene rings is 1. The topological polar surface area (TPSA) is 3.24 Å². The summed E-state index contributed by atoms with van der Waals surface area (Å²) in [7, 11) is 2.54. The standard InChI is InChI=1S/C22H27N2/c1-3-15-14-24(2)12-10-22-18-8-4-5-9-19(18)23-11-6-7-16(21(22)23)17(15)13-20(22)24/h3-5,7-9,17,20-21H,6,10-14H2,1-2H3/q+1/b15-3+/t17-,20+,21+,22+,24-/m0/s1. The van der Waals surface area contributed by atoms with E-state index < -0.39 is 0 Å². The fraction of sp³-hybridized carbons (Fsp3) is 0.545. The molecule has 1 saturated carbocycles. The molecule has 2 heteroatoms. The van der Waals surface area contributed by atoms with E-state index in [0.29, 0.717) is 11.5 Å². The van der Waals surface area contributed by atoms with Crippen LogP contribution in [-0.2, 0) is 5.41 Å². The van der Waals surface area contributed by atoms with Crippen LogP contribution in [0.2, 0.25) is 0 Å². The summed E-state index contributed by atoms with van der Waals surface area (Å²) in [5.41, 5.74) is 7.10. The maximum absolute atomic E-state index is 2.79. The van der Waals surface area contributed by atoms with Crippen molar-refractivity contribution in [3.05, 3.63) is 53.1 Å². The van der Waals surface area contributed by atoms with E-state index in [0.717, 1.165) is 12.0 Å². The molecule has 124 valence electrons. The first-order valence-electron chi connectivity index (χ1n) is 9.74. The number of quaternary nitrogens is 1. The lowest BCUT2D eigenvalue weighted by Gasteiger charge is -2.56. The first-order valence-corrected chi connectivity index (χ1v) is 9.74. The molecule has 1 aromatic rings. The van der Waals surface area contributed by atoms with E-state index in [1.165, 1.54) is 43.4 Å². The van der Waals surface area contributed by atoms with E-state index in [-0.39, 0.29) is 0 Å². The van der Waals surface area contributed by atoms with E-state index in [2.05, 4.69) is 55.3 Å². The predicted octanol–water partition coefficient (Wildman–Crippen LogP) is 3.64. The maximum atomic E-state index is 2.79. The summed E-state index contributed by atoms with van der Waals surface area (Å²) in [6, 6.07) is 10.8. The number of allylic oxidation sites excluding steroid dienone is 1. The molecule has 6 rings (SSSR count). The predicted molar refractivity (Wildman–Crippen MR) is 98.1 cm³/mol. The summed E-state index contributed by atoms with van der Waals surface area (Å²) >= 11 is 0. The maximum Gasteiger partial charge on any atom is 0.102 e. The molecular weight excluding hydrogens is 292 g/mol. The van der Waals surface area contributed by atoms with Crippen LogP contribution in [0.5, 0.6) is 0 Å². The van der Waals surface area contributed by atoms with Gasteiger partial charge in [0.05, 0.1) is 25.0 Å². The lowest BCUT2D eigenvalue weighted by atomic mass is 9.57. The van der Waals surface area contributed by atoms with Crippen molar-refractivity contribution < 1.29 is 4.48 Å². The molecule has 0 radical (unpaired) electrons. The van der Waals surface area contributed by atoms with Crippen molar-refractivity contribution in [3.63, 3.8) is 0 Å². The number of rotatable bonds is 0. The average molecular weight is 319 g/mol. The quantitative estimate of drug-likeness (QED) is 0.521. The molecule has 4 heterocycles. The normalized spacial score (nSPS) is 45.9. The largest absolute Gasteiger partial charge is 0.363 e. The second kappa shape index (κ2) is 4.16. The van der Waals surface area contributed by atoms with Crippen LogP contribution in [0.3, 0.4) is 0 Å². The number of para-hydroxylation sites is 1. The zero-order valence-electron chi connectivity index (χ0n) is 14.8. The van der Waals surface area contributed by atoms with E-state index in [9.17, 15) is 0 Å². The van der Waals surface area contributed by atoms with Gasteiger partial charge >= 0.3 is 0 Å². The summed E-state index contributed by atoms with van der Waals surface area (Å²) in [6.07, 6.45) is 9.04. The van der Waals surface area contributed by atoms with Crippen LogP contribution >= 0.6 is 0 Å². The van der Waals surface area contributed by atoms with Crippen LogP contribution in [0.4, 0.5) is 5.69 Å². The van der Waals surface area contributed by atoms with Gasteiger partial charge in [0.25, 0.3) is 0 Å². The highest BCUT2D eigenvalue weighted by atomic mass is 15.4. The first kappa shape index (κ1) is 13.7. The van der Waals surface area contributed by atoms with Gasteiger partial charge in [-0.3, -0.25) is 0 Å². The van der Waals surface area contributed by atoms with E-state index in [4.69, 9.17) is 0 Å². The lowest BCUT2D eigenvalue weighted by molar-refractivity contribution is -0.924. The minimum atomic E-state index is 0.382. The van der Waals surface area contributed by atoms with Crippen molar-refractivity contribution >= 4 is 5.69 Å². The Balaban J connectivity index is 1.67. The van der Waals surface area contributed by atoms with Gasteiger partial charge in [-0.05, 0) is 36.1 Å². The molecule has 1 aliphatic carbocycles. The zero-order valence-corrected chi connectivity index (χ0v) is 14.8. The third-order valence-electron chi connectivity index (χ3n) is 8.19. The molecule has 2 saturated heterocycles. The molecule has 0 N–H and O–H groups in total. The first-order chi connectivity index (χ1) is 11.7. The molecule has 0 unspecified atom stereocenters. The van der Waals surface area contributed by atoms with Gasteiger partial charge in [-0.2, -0.15) is 0 Å². The van der Waals surface area contributed by atoms with Gasteiger partial charge in [-0.15, -0.1) is 0 Å². The molecule has 2 nitrogen and oxygen atoms in total. The molecule has 24 heavy (non-hydrogen) atoms. The second-order valence-corrected chi connectivity index (χ2v) is 8.93. The van der Waals surface area contributed by atoms with Crippen molar-refractivity contribution in [1.82, 2.24) is 0 Å². The van der Waals surface area contributed by atoms with Crippen LogP contribution in [-0.4, -0.2) is 43.2 Å². The number of nitrogens with zero attached hydrogens (tertiary/aromatic N) is 2. The Morgan fingerprint density at radius 3 is 3.04 bits per heavy atom. The molecule has 4 aliphatic heterocycles. The summed E-state index contributed by atoms with van der Waals surface area (Å²) in [5.74, 6) is 0.722. The Bertz CT molecular complexity index is 806. The van der Waals surface area contributed by atoms with E-state index in [1.54, 1.807) is 22.4 Å². The van der Waals surface area contributed by atoms with Crippen molar-refractivity contribution in [2.45, 2.75) is 43.7 Å². The van der Waals surface area contributed by atoms with Gasteiger partial charge in [0.2, 0.25) is 0 Å². The highest BCUT2D eigenvalue weighted by molar-refractivity contribution is 5.70. The third-order valence-corrected chi connectivity index (χ3v) is 8.19. The molecule has 1 aromatic carbocycles. The summed E-state index contributed by atoms with van der Waals surface area (Å²) in [6.45, 7) is 6.10. The van der Waals surface area contributed by atoms with E-state index >= 15 is 0 Å². The fourth-order valence-corrected chi connectivity index (χ4v) is 7.37. The Morgan fingerprint density at radius 2 is 2.17 bits per heavy atom. The number of anilines is 1. The molecule has 1 spiro atoms. The van der Waals surface area contributed by atoms with Crippen LogP contribution in [0, 0.1) is 5.92 Å². The average Bonchev–Trinajstić information content (AvgIpc) is 3.11. The number of fused-ring (bicyclic) bond motifs is 4. The zero-order chi connectivity index (χ0) is 16.1. The van der Waals surface area contributed by atoms with Gasteiger partial charge < -0.3 is 9.38 Å². The summed E-state index contributed by atoms with van der Waals surface area (Å²) in [4.78, 5) is 2.79. The number of piperidine rings is 1. The Kier molecular flexibility index (Phi) is 2.38. The highest BCUT2D eigenvalue weighted by Gasteiger charge is 2.71. The smallest absolute Gasteiger partial charge is 0.102 e. The number of hydrogen-bond acceptors (Lipinski definition) is 1. The second-order valence-electron chi connectivity index (χ2n) is 8.93. The minimum absolute atomic E-state index is 0.382. The van der Waals surface area contributed by atoms with Gasteiger partial charge in [-0.25, -0.2) is 0 Å². The number of likely N-dealkylation sites (N-methyl/N-ethyl adjacent to an activating group) is 1. The molecule has 0 aromatic heterocycles. The van der Waals surface area contributed by atoms with Crippen molar-refractivity contribution in [2.75, 3.05) is 31.6 Å². The van der Waals surface area contributed by atoms with Crippen molar-refractivity contribution in [2.24, 2.45) is 5.92 Å². The van der Waals surface area contributed by atoms with Crippen molar-refractivity contribution in [3.8, 4) is 0 Å². The number of hydrogen-bond donors (Lipinski definition) is 0. The summed E-state index contributed by atoms with van der Waals surface area (Å²) in [5, 5.41) is 0. The molecular formula is C22H27N2+. The molecule has 2 bridgehead atoms. The van der Waals surface area contributed by atoms with Crippen LogP contribution in [0.15, 0.2) is 47.6 Å². The molecule has 0 amide bonds. The molecule has 5 atom stereocenters. The minimum Gasteiger partial charge on any atom is -0.363 e.